The van der Waals surface area contributed by atoms with Crippen molar-refractivity contribution in [3.05, 3.63) is 17.2 Å². The summed E-state index contributed by atoms with van der Waals surface area (Å²) in [6.07, 6.45) is 0.620. The lowest BCUT2D eigenvalue weighted by atomic mass is 10.1. The van der Waals surface area contributed by atoms with E-state index in [1.807, 2.05) is 6.07 Å². The van der Waals surface area contributed by atoms with Crippen LogP contribution in [0, 0.1) is 11.3 Å². The number of aldehydes is 1. The molecule has 0 amide bonds. The molecular formula is C15H19NO6. The van der Waals surface area contributed by atoms with Gasteiger partial charge in [0.15, 0.2) is 17.8 Å². The van der Waals surface area contributed by atoms with Gasteiger partial charge in [-0.15, -0.1) is 0 Å². The molecule has 0 saturated carbocycles. The number of benzene rings is 1. The third-order valence-corrected chi connectivity index (χ3v) is 2.75. The molecule has 0 spiro atoms. The van der Waals surface area contributed by atoms with E-state index < -0.39 is 0 Å². The van der Waals surface area contributed by atoms with Gasteiger partial charge >= 0.3 is 0 Å². The van der Waals surface area contributed by atoms with Crippen LogP contribution in [0.4, 0.5) is 0 Å². The fourth-order valence-corrected chi connectivity index (χ4v) is 1.73. The summed E-state index contributed by atoms with van der Waals surface area (Å²) in [7, 11) is 4.48. The SMILES string of the molecule is COCCOc1c(C=O)cc(OC)c(C#N)c1OCCOC. The Labute approximate surface area is 129 Å². The minimum Gasteiger partial charge on any atom is -0.495 e. The van der Waals surface area contributed by atoms with Crippen LogP contribution in [0.15, 0.2) is 6.07 Å². The van der Waals surface area contributed by atoms with Crippen molar-refractivity contribution in [2.24, 2.45) is 0 Å². The Morgan fingerprint density at radius 2 is 1.64 bits per heavy atom. The lowest BCUT2D eigenvalue weighted by molar-refractivity contribution is 0.110. The van der Waals surface area contributed by atoms with E-state index in [1.54, 1.807) is 0 Å². The summed E-state index contributed by atoms with van der Waals surface area (Å²) < 4.78 is 26.1. The molecular weight excluding hydrogens is 290 g/mol. The molecule has 0 unspecified atom stereocenters. The first-order valence-electron chi connectivity index (χ1n) is 6.57. The molecule has 7 nitrogen and oxygen atoms in total. The van der Waals surface area contributed by atoms with Gasteiger partial charge in [0.05, 0.1) is 25.9 Å². The van der Waals surface area contributed by atoms with Crippen molar-refractivity contribution in [3.63, 3.8) is 0 Å². The summed E-state index contributed by atoms with van der Waals surface area (Å²) in [6, 6.07) is 3.45. The highest BCUT2D eigenvalue weighted by Gasteiger charge is 2.21. The van der Waals surface area contributed by atoms with E-state index in [0.717, 1.165) is 0 Å². The summed E-state index contributed by atoms with van der Waals surface area (Å²) >= 11 is 0. The molecule has 0 bridgehead atoms. The summed E-state index contributed by atoms with van der Waals surface area (Å²) in [6.45, 7) is 1.09. The Balaban J connectivity index is 3.27. The van der Waals surface area contributed by atoms with Crippen molar-refractivity contribution in [3.8, 4) is 23.3 Å². The predicted molar refractivity (Wildman–Crippen MR) is 77.8 cm³/mol. The minimum atomic E-state index is 0.164. The number of methoxy groups -OCH3 is 3. The van der Waals surface area contributed by atoms with Gasteiger partial charge in [0, 0.05) is 14.2 Å². The first-order valence-corrected chi connectivity index (χ1v) is 6.57. The summed E-state index contributed by atoms with van der Waals surface area (Å²) in [5, 5.41) is 9.34. The van der Waals surface area contributed by atoms with Gasteiger partial charge in [-0.1, -0.05) is 0 Å². The lowest BCUT2D eigenvalue weighted by Gasteiger charge is -2.17. The van der Waals surface area contributed by atoms with Crippen molar-refractivity contribution in [1.82, 2.24) is 0 Å². The number of hydrogen-bond donors (Lipinski definition) is 0. The van der Waals surface area contributed by atoms with E-state index >= 15 is 0 Å². The molecule has 0 fully saturated rings. The number of nitrogens with zero attached hydrogens (tertiary/aromatic N) is 1. The van der Waals surface area contributed by atoms with E-state index in [9.17, 15) is 10.1 Å². The van der Waals surface area contributed by atoms with Crippen LogP contribution in [0.25, 0.3) is 0 Å². The molecule has 0 N–H and O–H groups in total. The molecule has 0 aliphatic heterocycles. The van der Waals surface area contributed by atoms with E-state index in [-0.39, 0.29) is 41.6 Å². The maximum Gasteiger partial charge on any atom is 0.183 e. The van der Waals surface area contributed by atoms with Crippen LogP contribution in [-0.4, -0.2) is 54.0 Å². The molecule has 1 aromatic rings. The van der Waals surface area contributed by atoms with Crippen molar-refractivity contribution >= 4 is 6.29 Å². The van der Waals surface area contributed by atoms with E-state index in [1.165, 1.54) is 27.4 Å². The smallest absolute Gasteiger partial charge is 0.183 e. The van der Waals surface area contributed by atoms with Gasteiger partial charge in [-0.25, -0.2) is 0 Å². The van der Waals surface area contributed by atoms with E-state index in [2.05, 4.69) is 0 Å². The van der Waals surface area contributed by atoms with E-state index in [4.69, 9.17) is 23.7 Å². The molecule has 120 valence electrons. The van der Waals surface area contributed by atoms with Crippen molar-refractivity contribution in [1.29, 1.82) is 5.26 Å². The first-order chi connectivity index (χ1) is 10.7. The van der Waals surface area contributed by atoms with Crippen LogP contribution < -0.4 is 14.2 Å². The Morgan fingerprint density at radius 3 is 2.09 bits per heavy atom. The van der Waals surface area contributed by atoms with Crippen LogP contribution >= 0.6 is 0 Å². The number of nitriles is 1. The second-order valence-corrected chi connectivity index (χ2v) is 4.11. The van der Waals surface area contributed by atoms with Gasteiger partial charge in [0.2, 0.25) is 0 Å². The highest BCUT2D eigenvalue weighted by atomic mass is 16.5. The average Bonchev–Trinajstić information content (AvgIpc) is 2.55. The molecule has 1 aromatic carbocycles. The molecule has 0 aromatic heterocycles. The van der Waals surface area contributed by atoms with Gasteiger partial charge in [-0.05, 0) is 6.07 Å². The molecule has 0 aliphatic carbocycles. The number of ether oxygens (including phenoxy) is 5. The van der Waals surface area contributed by atoms with Crippen molar-refractivity contribution in [2.45, 2.75) is 0 Å². The Morgan fingerprint density at radius 1 is 1.05 bits per heavy atom. The van der Waals surface area contributed by atoms with Crippen molar-refractivity contribution < 1.29 is 28.5 Å². The van der Waals surface area contributed by atoms with Crippen LogP contribution in [0.3, 0.4) is 0 Å². The summed E-state index contributed by atoms with van der Waals surface area (Å²) in [4.78, 5) is 11.3. The monoisotopic (exact) mass is 309 g/mol. The predicted octanol–water partition coefficient (Wildman–Crippen LogP) is 1.43. The second-order valence-electron chi connectivity index (χ2n) is 4.11. The standard InChI is InChI=1S/C15H19NO6/c1-18-4-6-21-14-11(10-17)8-13(20-3)12(9-16)15(14)22-7-5-19-2/h8,10H,4-7H2,1-3H3. The molecule has 0 atom stereocenters. The molecule has 0 aliphatic rings. The number of hydrogen-bond acceptors (Lipinski definition) is 7. The molecule has 22 heavy (non-hydrogen) atoms. The highest BCUT2D eigenvalue weighted by molar-refractivity contribution is 5.84. The van der Waals surface area contributed by atoms with Crippen LogP contribution in [0.5, 0.6) is 17.2 Å². The van der Waals surface area contributed by atoms with Gasteiger partial charge in [0.1, 0.15) is 30.6 Å². The second kappa shape index (κ2) is 9.60. The Bertz CT molecular complexity index is 538. The normalized spacial score (nSPS) is 9.91. The van der Waals surface area contributed by atoms with Crippen LogP contribution in [0.2, 0.25) is 0 Å². The van der Waals surface area contributed by atoms with Crippen molar-refractivity contribution in [2.75, 3.05) is 47.8 Å². The van der Waals surface area contributed by atoms with E-state index in [0.29, 0.717) is 19.5 Å². The number of carbonyl (C=O) groups is 1. The zero-order valence-corrected chi connectivity index (χ0v) is 12.9. The summed E-state index contributed by atoms with van der Waals surface area (Å²) in [5.41, 5.74) is 0.399. The molecule has 0 saturated heterocycles. The molecule has 1 rings (SSSR count). The number of rotatable bonds is 10. The molecule has 0 radical (unpaired) electrons. The average molecular weight is 309 g/mol. The lowest BCUT2D eigenvalue weighted by Crippen LogP contribution is -2.11. The largest absolute Gasteiger partial charge is 0.495 e. The van der Waals surface area contributed by atoms with Gasteiger partial charge in [-0.2, -0.15) is 5.26 Å². The zero-order chi connectivity index (χ0) is 16.4. The number of carbonyl (C=O) groups excluding carboxylic acids is 1. The summed E-state index contributed by atoms with van der Waals surface area (Å²) in [5.74, 6) is 0.605. The fraction of sp³-hybridized carbons (Fsp3) is 0.467. The Kier molecular flexibility index (Phi) is 7.75. The Hall–Kier alpha value is -2.30. The van der Waals surface area contributed by atoms with Gasteiger partial charge in [-0.3, -0.25) is 4.79 Å². The fourth-order valence-electron chi connectivity index (χ4n) is 1.73. The maximum absolute atomic E-state index is 11.3. The topological polar surface area (TPSA) is 87.0 Å². The first kappa shape index (κ1) is 17.8. The zero-order valence-electron chi connectivity index (χ0n) is 12.9. The van der Waals surface area contributed by atoms with Gasteiger partial charge < -0.3 is 23.7 Å². The van der Waals surface area contributed by atoms with Gasteiger partial charge in [0.25, 0.3) is 0 Å². The third kappa shape index (κ3) is 4.35. The minimum absolute atomic E-state index is 0.164. The maximum atomic E-state index is 11.3. The van der Waals surface area contributed by atoms with Crippen LogP contribution in [0.1, 0.15) is 15.9 Å². The quantitative estimate of drug-likeness (QED) is 0.477. The molecule has 0 heterocycles. The highest BCUT2D eigenvalue weighted by Crippen LogP contribution is 2.40. The third-order valence-electron chi connectivity index (χ3n) is 2.75. The van der Waals surface area contributed by atoms with Crippen LogP contribution in [-0.2, 0) is 9.47 Å². The molecule has 7 heteroatoms.